The normalized spacial score (nSPS) is 17.7. The largest absolute Gasteiger partial charge is 0.326 e. The molecule has 0 bridgehead atoms. The topological polar surface area (TPSA) is 110 Å². The van der Waals surface area contributed by atoms with Crippen molar-refractivity contribution in [3.05, 3.63) is 63.7 Å². The Kier molecular flexibility index (Phi) is 5.99. The molecule has 0 aliphatic carbocycles. The van der Waals surface area contributed by atoms with Crippen LogP contribution in [0.5, 0.6) is 0 Å². The lowest BCUT2D eigenvalue weighted by Crippen LogP contribution is -2.43. The van der Waals surface area contributed by atoms with Gasteiger partial charge in [0.25, 0.3) is 5.69 Å². The summed E-state index contributed by atoms with van der Waals surface area (Å²) in [4.78, 5) is 23.3. The highest BCUT2D eigenvalue weighted by Crippen LogP contribution is 2.27. The summed E-state index contributed by atoms with van der Waals surface area (Å²) in [6.45, 7) is 4.03. The van der Waals surface area contributed by atoms with Gasteiger partial charge in [-0.05, 0) is 49.9 Å². The van der Waals surface area contributed by atoms with E-state index in [9.17, 15) is 23.3 Å². The van der Waals surface area contributed by atoms with Gasteiger partial charge >= 0.3 is 0 Å². The minimum atomic E-state index is -3.71. The summed E-state index contributed by atoms with van der Waals surface area (Å²) >= 11 is 0. The molecule has 29 heavy (non-hydrogen) atoms. The molecule has 1 N–H and O–H groups in total. The number of benzene rings is 2. The minimum absolute atomic E-state index is 0.0798. The molecule has 9 heteroatoms. The summed E-state index contributed by atoms with van der Waals surface area (Å²) in [6, 6.07) is 11.0. The van der Waals surface area contributed by atoms with Crippen molar-refractivity contribution in [3.63, 3.8) is 0 Å². The average Bonchev–Trinajstić information content (AvgIpc) is 2.70. The lowest BCUT2D eigenvalue weighted by Gasteiger charge is -2.31. The zero-order valence-electron chi connectivity index (χ0n) is 16.3. The third-order valence-electron chi connectivity index (χ3n) is 5.04. The van der Waals surface area contributed by atoms with Gasteiger partial charge in [-0.1, -0.05) is 18.2 Å². The number of nitro groups is 1. The van der Waals surface area contributed by atoms with Gasteiger partial charge in [-0.2, -0.15) is 4.31 Å². The Morgan fingerprint density at radius 1 is 1.21 bits per heavy atom. The van der Waals surface area contributed by atoms with Crippen molar-refractivity contribution in [1.82, 2.24) is 4.31 Å². The molecule has 8 nitrogen and oxygen atoms in total. The van der Waals surface area contributed by atoms with E-state index in [-0.39, 0.29) is 23.0 Å². The Morgan fingerprint density at radius 3 is 2.69 bits per heavy atom. The standard InChI is InChI=1S/C20H23N3O5S/c1-14-8-9-15(2)19(11-14)29(27,28)22-10-4-5-16(13-22)20(24)21-17-6-3-7-18(12-17)23(25)26/h3,6-9,11-12,16H,4-5,10,13H2,1-2H3,(H,21,24). The van der Waals surface area contributed by atoms with E-state index in [1.807, 2.05) is 13.0 Å². The van der Waals surface area contributed by atoms with Crippen LogP contribution < -0.4 is 5.32 Å². The fourth-order valence-corrected chi connectivity index (χ4v) is 5.27. The third kappa shape index (κ3) is 4.63. The highest BCUT2D eigenvalue weighted by Gasteiger charge is 2.34. The van der Waals surface area contributed by atoms with Crippen molar-refractivity contribution in [2.45, 2.75) is 31.6 Å². The summed E-state index contributed by atoms with van der Waals surface area (Å²) in [5.74, 6) is -0.866. The summed E-state index contributed by atoms with van der Waals surface area (Å²) in [7, 11) is -3.71. The first-order valence-corrected chi connectivity index (χ1v) is 10.8. The first kappa shape index (κ1) is 20.9. The lowest BCUT2D eigenvalue weighted by molar-refractivity contribution is -0.384. The number of carbonyl (C=O) groups is 1. The second kappa shape index (κ2) is 8.30. The number of carbonyl (C=O) groups excluding carboxylic acids is 1. The molecule has 1 heterocycles. The molecule has 2 aromatic carbocycles. The number of anilines is 1. The van der Waals surface area contributed by atoms with Crippen LogP contribution in [0.2, 0.25) is 0 Å². The molecule has 2 aromatic rings. The fraction of sp³-hybridized carbons (Fsp3) is 0.350. The Hall–Kier alpha value is -2.78. The number of hydrogen-bond acceptors (Lipinski definition) is 5. The first-order chi connectivity index (χ1) is 13.7. The van der Waals surface area contributed by atoms with Crippen molar-refractivity contribution in [2.75, 3.05) is 18.4 Å². The van der Waals surface area contributed by atoms with Gasteiger partial charge in [-0.25, -0.2) is 8.42 Å². The molecule has 1 atom stereocenters. The smallest absolute Gasteiger partial charge is 0.271 e. The molecule has 3 rings (SSSR count). The molecule has 154 valence electrons. The Morgan fingerprint density at radius 2 is 1.97 bits per heavy atom. The molecular formula is C20H23N3O5S. The molecule has 0 radical (unpaired) electrons. The van der Waals surface area contributed by atoms with Crippen LogP contribution in [0, 0.1) is 29.9 Å². The lowest BCUT2D eigenvalue weighted by atomic mass is 9.98. The van der Waals surface area contributed by atoms with Crippen LogP contribution in [0.25, 0.3) is 0 Å². The predicted molar refractivity (Wildman–Crippen MR) is 109 cm³/mol. The number of nitrogens with one attached hydrogen (secondary N) is 1. The number of aryl methyl sites for hydroxylation is 2. The van der Waals surface area contributed by atoms with Gasteiger partial charge in [0.1, 0.15) is 0 Å². The van der Waals surface area contributed by atoms with Crippen molar-refractivity contribution >= 4 is 27.3 Å². The molecule has 0 aromatic heterocycles. The van der Waals surface area contributed by atoms with Gasteiger partial charge in [-0.15, -0.1) is 0 Å². The molecule has 0 saturated carbocycles. The summed E-state index contributed by atoms with van der Waals surface area (Å²) in [6.07, 6.45) is 1.12. The number of nitrogens with zero attached hydrogens (tertiary/aromatic N) is 2. The monoisotopic (exact) mass is 417 g/mol. The van der Waals surface area contributed by atoms with E-state index in [1.54, 1.807) is 25.1 Å². The molecule has 1 aliphatic rings. The van der Waals surface area contributed by atoms with Gasteiger partial charge in [0.2, 0.25) is 15.9 Å². The van der Waals surface area contributed by atoms with E-state index in [2.05, 4.69) is 5.32 Å². The number of piperidine rings is 1. The van der Waals surface area contributed by atoms with Gasteiger partial charge in [0.05, 0.1) is 15.7 Å². The van der Waals surface area contributed by atoms with Crippen molar-refractivity contribution in [2.24, 2.45) is 5.92 Å². The van der Waals surface area contributed by atoms with E-state index in [0.29, 0.717) is 30.6 Å². The van der Waals surface area contributed by atoms with Crippen LogP contribution in [0.3, 0.4) is 0 Å². The molecule has 1 saturated heterocycles. The maximum Gasteiger partial charge on any atom is 0.271 e. The van der Waals surface area contributed by atoms with Crippen LogP contribution in [-0.4, -0.2) is 36.6 Å². The van der Waals surface area contributed by atoms with Crippen molar-refractivity contribution in [3.8, 4) is 0 Å². The summed E-state index contributed by atoms with van der Waals surface area (Å²) in [5, 5.41) is 13.6. The zero-order chi connectivity index (χ0) is 21.2. The van der Waals surface area contributed by atoms with E-state index >= 15 is 0 Å². The van der Waals surface area contributed by atoms with E-state index < -0.39 is 20.9 Å². The van der Waals surface area contributed by atoms with Crippen LogP contribution in [0.15, 0.2) is 47.4 Å². The van der Waals surface area contributed by atoms with E-state index in [0.717, 1.165) is 5.56 Å². The number of sulfonamides is 1. The quantitative estimate of drug-likeness (QED) is 0.593. The van der Waals surface area contributed by atoms with E-state index in [1.165, 1.54) is 22.5 Å². The second-order valence-electron chi connectivity index (χ2n) is 7.27. The Labute approximate surface area is 169 Å². The molecule has 1 unspecified atom stereocenters. The molecule has 0 spiro atoms. The molecule has 1 fully saturated rings. The highest BCUT2D eigenvalue weighted by atomic mass is 32.2. The molecule has 1 aliphatic heterocycles. The molecular weight excluding hydrogens is 394 g/mol. The second-order valence-corrected chi connectivity index (χ2v) is 9.17. The Bertz CT molecular complexity index is 1050. The number of nitro benzene ring substituents is 1. The van der Waals surface area contributed by atoms with Crippen LogP contribution >= 0.6 is 0 Å². The zero-order valence-corrected chi connectivity index (χ0v) is 17.1. The first-order valence-electron chi connectivity index (χ1n) is 9.31. The van der Waals surface area contributed by atoms with Gasteiger partial charge < -0.3 is 5.32 Å². The van der Waals surface area contributed by atoms with Gasteiger partial charge in [0.15, 0.2) is 0 Å². The number of rotatable bonds is 5. The predicted octanol–water partition coefficient (Wildman–Crippen LogP) is 3.25. The van der Waals surface area contributed by atoms with Crippen LogP contribution in [-0.2, 0) is 14.8 Å². The number of non-ortho nitro benzene ring substituents is 1. The fourth-order valence-electron chi connectivity index (χ4n) is 3.44. The van der Waals surface area contributed by atoms with E-state index in [4.69, 9.17) is 0 Å². The van der Waals surface area contributed by atoms with Crippen molar-refractivity contribution in [1.29, 1.82) is 0 Å². The van der Waals surface area contributed by atoms with Crippen molar-refractivity contribution < 1.29 is 18.1 Å². The summed E-state index contributed by atoms with van der Waals surface area (Å²) in [5.41, 5.74) is 1.72. The van der Waals surface area contributed by atoms with Crippen LogP contribution in [0.1, 0.15) is 24.0 Å². The SMILES string of the molecule is Cc1ccc(C)c(S(=O)(=O)N2CCCC(C(=O)Nc3cccc([N+](=O)[O-])c3)C2)c1. The van der Waals surface area contributed by atoms with Gasteiger partial charge in [0, 0.05) is 30.9 Å². The van der Waals surface area contributed by atoms with Gasteiger partial charge in [-0.3, -0.25) is 14.9 Å². The Balaban J connectivity index is 1.76. The maximum absolute atomic E-state index is 13.1. The number of hydrogen-bond donors (Lipinski definition) is 1. The highest BCUT2D eigenvalue weighted by molar-refractivity contribution is 7.89. The molecule has 1 amide bonds. The number of amides is 1. The maximum atomic E-state index is 13.1. The summed E-state index contributed by atoms with van der Waals surface area (Å²) < 4.78 is 27.6. The average molecular weight is 417 g/mol. The van der Waals surface area contributed by atoms with Crippen LogP contribution in [0.4, 0.5) is 11.4 Å². The minimum Gasteiger partial charge on any atom is -0.326 e. The third-order valence-corrected chi connectivity index (χ3v) is 7.05.